The molecule has 0 amide bonds. The Kier molecular flexibility index (Phi) is 4.55. The van der Waals surface area contributed by atoms with E-state index in [1.54, 1.807) is 0 Å². The highest BCUT2D eigenvalue weighted by molar-refractivity contribution is 6.31. The van der Waals surface area contributed by atoms with Gasteiger partial charge in [0.2, 0.25) is 5.88 Å². The summed E-state index contributed by atoms with van der Waals surface area (Å²) in [4.78, 5) is 14.7. The minimum absolute atomic E-state index is 0.0953. The molecule has 0 spiro atoms. The van der Waals surface area contributed by atoms with Crippen LogP contribution in [0.15, 0.2) is 6.07 Å². The predicted molar refractivity (Wildman–Crippen MR) is 61.4 cm³/mol. The van der Waals surface area contributed by atoms with Crippen molar-refractivity contribution in [2.24, 2.45) is 0 Å². The van der Waals surface area contributed by atoms with E-state index in [1.165, 1.54) is 13.2 Å². The van der Waals surface area contributed by atoms with Gasteiger partial charge in [0.15, 0.2) is 5.69 Å². The van der Waals surface area contributed by atoms with Gasteiger partial charge in [-0.25, -0.2) is 9.78 Å². The Morgan fingerprint density at radius 2 is 2.31 bits per heavy atom. The van der Waals surface area contributed by atoms with E-state index in [9.17, 15) is 4.79 Å². The number of halogens is 1. The SMILES string of the molecule is CCCCc1c(Cl)cc(C(=O)O)nc1OC. The maximum absolute atomic E-state index is 10.8. The standard InChI is InChI=1S/C11H14ClNO3/c1-3-4-5-7-8(12)6-9(11(14)15)13-10(7)16-2/h6H,3-5H2,1-2H3,(H,14,15). The van der Waals surface area contributed by atoms with Crippen molar-refractivity contribution < 1.29 is 14.6 Å². The van der Waals surface area contributed by atoms with Gasteiger partial charge in [-0.2, -0.15) is 0 Å². The van der Waals surface area contributed by atoms with Gasteiger partial charge in [-0.05, 0) is 18.9 Å². The second-order valence-electron chi connectivity index (χ2n) is 3.39. The molecule has 1 rings (SSSR count). The number of aromatic carboxylic acids is 1. The molecule has 1 aromatic rings. The summed E-state index contributed by atoms with van der Waals surface area (Å²) in [5, 5.41) is 9.22. The van der Waals surface area contributed by atoms with E-state index in [-0.39, 0.29) is 5.69 Å². The highest BCUT2D eigenvalue weighted by atomic mass is 35.5. The summed E-state index contributed by atoms with van der Waals surface area (Å²) < 4.78 is 5.06. The number of carboxylic acid groups (broad SMARTS) is 1. The van der Waals surface area contributed by atoms with E-state index in [4.69, 9.17) is 21.4 Å². The Labute approximate surface area is 99.2 Å². The van der Waals surface area contributed by atoms with E-state index >= 15 is 0 Å². The Bertz CT molecular complexity index is 393. The number of carboxylic acids is 1. The van der Waals surface area contributed by atoms with Crippen LogP contribution in [-0.2, 0) is 6.42 Å². The molecule has 0 bridgehead atoms. The molecule has 0 radical (unpaired) electrons. The van der Waals surface area contributed by atoms with E-state index < -0.39 is 5.97 Å². The number of unbranched alkanes of at least 4 members (excludes halogenated alkanes) is 1. The van der Waals surface area contributed by atoms with Gasteiger partial charge in [0.1, 0.15) is 0 Å². The Hall–Kier alpha value is -1.29. The topological polar surface area (TPSA) is 59.4 Å². The number of hydrogen-bond acceptors (Lipinski definition) is 3. The average molecular weight is 244 g/mol. The van der Waals surface area contributed by atoms with Crippen LogP contribution < -0.4 is 4.74 Å². The molecule has 88 valence electrons. The predicted octanol–water partition coefficient (Wildman–Crippen LogP) is 2.78. The minimum Gasteiger partial charge on any atom is -0.481 e. The van der Waals surface area contributed by atoms with Gasteiger partial charge in [0.25, 0.3) is 0 Å². The Morgan fingerprint density at radius 3 is 2.81 bits per heavy atom. The zero-order chi connectivity index (χ0) is 12.1. The third-order valence-electron chi connectivity index (χ3n) is 2.22. The van der Waals surface area contributed by atoms with Gasteiger partial charge in [0, 0.05) is 5.56 Å². The summed E-state index contributed by atoms with van der Waals surface area (Å²) in [7, 11) is 1.46. The third-order valence-corrected chi connectivity index (χ3v) is 2.56. The molecule has 1 aromatic heterocycles. The van der Waals surface area contributed by atoms with E-state index in [0.717, 1.165) is 24.8 Å². The first kappa shape index (κ1) is 12.8. The first-order valence-corrected chi connectivity index (χ1v) is 5.44. The van der Waals surface area contributed by atoms with Crippen molar-refractivity contribution in [1.82, 2.24) is 4.98 Å². The number of aromatic nitrogens is 1. The maximum atomic E-state index is 10.8. The van der Waals surface area contributed by atoms with Crippen LogP contribution in [0.3, 0.4) is 0 Å². The van der Waals surface area contributed by atoms with Gasteiger partial charge in [0.05, 0.1) is 12.1 Å². The molecule has 0 aromatic carbocycles. The van der Waals surface area contributed by atoms with Crippen LogP contribution in [0.4, 0.5) is 0 Å². The van der Waals surface area contributed by atoms with Gasteiger partial charge in [-0.3, -0.25) is 0 Å². The summed E-state index contributed by atoms with van der Waals surface area (Å²) in [6, 6.07) is 1.36. The maximum Gasteiger partial charge on any atom is 0.354 e. The van der Waals surface area contributed by atoms with Gasteiger partial charge >= 0.3 is 5.97 Å². The number of rotatable bonds is 5. The second-order valence-corrected chi connectivity index (χ2v) is 3.79. The van der Waals surface area contributed by atoms with Gasteiger partial charge in [-0.1, -0.05) is 24.9 Å². The number of methoxy groups -OCH3 is 1. The van der Waals surface area contributed by atoms with Crippen molar-refractivity contribution in [3.8, 4) is 5.88 Å². The number of ether oxygens (including phenoxy) is 1. The van der Waals surface area contributed by atoms with Crippen molar-refractivity contribution in [2.75, 3.05) is 7.11 Å². The lowest BCUT2D eigenvalue weighted by Gasteiger charge is -2.09. The largest absolute Gasteiger partial charge is 0.481 e. The van der Waals surface area contributed by atoms with Crippen LogP contribution in [-0.4, -0.2) is 23.2 Å². The van der Waals surface area contributed by atoms with Crippen LogP contribution >= 0.6 is 11.6 Å². The lowest BCUT2D eigenvalue weighted by atomic mass is 10.1. The highest BCUT2D eigenvalue weighted by Crippen LogP contribution is 2.27. The molecular weight excluding hydrogens is 230 g/mol. The summed E-state index contributed by atoms with van der Waals surface area (Å²) in [6.45, 7) is 2.07. The molecule has 4 nitrogen and oxygen atoms in total. The quantitative estimate of drug-likeness (QED) is 0.864. The van der Waals surface area contributed by atoms with E-state index in [2.05, 4.69) is 11.9 Å². The first-order valence-electron chi connectivity index (χ1n) is 5.06. The molecule has 0 fully saturated rings. The number of nitrogens with zero attached hydrogens (tertiary/aromatic N) is 1. The fourth-order valence-electron chi connectivity index (χ4n) is 1.38. The van der Waals surface area contributed by atoms with Gasteiger partial charge < -0.3 is 9.84 Å². The number of carbonyl (C=O) groups is 1. The Morgan fingerprint density at radius 1 is 1.62 bits per heavy atom. The molecule has 5 heteroatoms. The zero-order valence-corrected chi connectivity index (χ0v) is 10.0. The zero-order valence-electron chi connectivity index (χ0n) is 9.29. The molecule has 1 heterocycles. The van der Waals surface area contributed by atoms with E-state index in [0.29, 0.717) is 10.9 Å². The van der Waals surface area contributed by atoms with Crippen molar-refractivity contribution in [3.63, 3.8) is 0 Å². The molecule has 0 atom stereocenters. The molecule has 0 unspecified atom stereocenters. The lowest BCUT2D eigenvalue weighted by molar-refractivity contribution is 0.0689. The van der Waals surface area contributed by atoms with Crippen LogP contribution in [0.1, 0.15) is 35.8 Å². The van der Waals surface area contributed by atoms with Crippen LogP contribution in [0.25, 0.3) is 0 Å². The summed E-state index contributed by atoms with van der Waals surface area (Å²) in [5.74, 6) is -0.805. The van der Waals surface area contributed by atoms with E-state index in [1.807, 2.05) is 0 Å². The van der Waals surface area contributed by atoms with Crippen molar-refractivity contribution in [1.29, 1.82) is 0 Å². The van der Waals surface area contributed by atoms with Crippen LogP contribution in [0.2, 0.25) is 5.02 Å². The smallest absolute Gasteiger partial charge is 0.354 e. The van der Waals surface area contributed by atoms with Crippen molar-refractivity contribution in [2.45, 2.75) is 26.2 Å². The van der Waals surface area contributed by atoms with Crippen LogP contribution in [0, 0.1) is 0 Å². The lowest BCUT2D eigenvalue weighted by Crippen LogP contribution is -2.05. The second kappa shape index (κ2) is 5.70. The molecule has 16 heavy (non-hydrogen) atoms. The summed E-state index contributed by atoms with van der Waals surface area (Å²) in [6.07, 6.45) is 2.73. The third kappa shape index (κ3) is 2.85. The average Bonchev–Trinajstić information content (AvgIpc) is 2.26. The molecule has 0 aliphatic carbocycles. The van der Waals surface area contributed by atoms with Gasteiger partial charge in [-0.15, -0.1) is 0 Å². The molecular formula is C11H14ClNO3. The minimum atomic E-state index is -1.11. The molecule has 0 aliphatic heterocycles. The monoisotopic (exact) mass is 243 g/mol. The number of pyridine rings is 1. The van der Waals surface area contributed by atoms with Crippen molar-refractivity contribution in [3.05, 3.63) is 22.3 Å². The van der Waals surface area contributed by atoms with Crippen LogP contribution in [0.5, 0.6) is 5.88 Å². The highest BCUT2D eigenvalue weighted by Gasteiger charge is 2.15. The molecule has 0 saturated carbocycles. The molecule has 0 aliphatic rings. The summed E-state index contributed by atoms with van der Waals surface area (Å²) in [5.41, 5.74) is 0.679. The first-order chi connectivity index (χ1) is 7.60. The Balaban J connectivity index is 3.12. The molecule has 0 saturated heterocycles. The number of hydrogen-bond donors (Lipinski definition) is 1. The summed E-state index contributed by atoms with van der Waals surface area (Å²) >= 11 is 6.01. The fourth-order valence-corrected chi connectivity index (χ4v) is 1.66. The molecule has 1 N–H and O–H groups in total. The normalized spacial score (nSPS) is 10.2. The fraction of sp³-hybridized carbons (Fsp3) is 0.455. The van der Waals surface area contributed by atoms with Crippen molar-refractivity contribution >= 4 is 17.6 Å².